The number of carbonyl (C=O) groups is 1. The quantitative estimate of drug-likeness (QED) is 0.840. The third kappa shape index (κ3) is 3.95. The van der Waals surface area contributed by atoms with Crippen LogP contribution in [-0.2, 0) is 6.42 Å². The van der Waals surface area contributed by atoms with Gasteiger partial charge in [0, 0.05) is 18.8 Å². The molecule has 0 radical (unpaired) electrons. The lowest BCUT2D eigenvalue weighted by atomic mass is 10.1. The smallest absolute Gasteiger partial charge is 0.272 e. The van der Waals surface area contributed by atoms with E-state index in [1.807, 2.05) is 17.0 Å². The van der Waals surface area contributed by atoms with Crippen LogP contribution in [0.15, 0.2) is 48.7 Å². The molecule has 3 nitrogen and oxygen atoms in total. The van der Waals surface area contributed by atoms with Crippen molar-refractivity contribution in [3.05, 3.63) is 65.7 Å². The number of benzene rings is 1. The van der Waals surface area contributed by atoms with E-state index < -0.39 is 0 Å². The number of aromatic nitrogens is 1. The summed E-state index contributed by atoms with van der Waals surface area (Å²) in [6, 6.07) is 12.2. The second-order valence-corrected chi connectivity index (χ2v) is 6.03. The summed E-state index contributed by atoms with van der Waals surface area (Å²) >= 11 is 0. The fraction of sp³-hybridized carbons (Fsp3) is 0.368. The summed E-state index contributed by atoms with van der Waals surface area (Å²) < 4.78 is 13.0. The van der Waals surface area contributed by atoms with E-state index in [-0.39, 0.29) is 11.7 Å². The summed E-state index contributed by atoms with van der Waals surface area (Å²) in [6.45, 7) is 0.645. The van der Waals surface area contributed by atoms with E-state index in [0.717, 1.165) is 24.8 Å². The van der Waals surface area contributed by atoms with E-state index in [2.05, 4.69) is 4.98 Å². The number of nitrogens with zero attached hydrogens (tertiary/aromatic N) is 2. The predicted octanol–water partition coefficient (Wildman–Crippen LogP) is 3.85. The van der Waals surface area contributed by atoms with Gasteiger partial charge in [0.15, 0.2) is 0 Å². The van der Waals surface area contributed by atoms with Crippen molar-refractivity contribution in [3.63, 3.8) is 0 Å². The number of halogens is 1. The van der Waals surface area contributed by atoms with Crippen molar-refractivity contribution in [2.45, 2.75) is 38.1 Å². The van der Waals surface area contributed by atoms with Crippen molar-refractivity contribution in [3.8, 4) is 0 Å². The largest absolute Gasteiger partial charge is 0.334 e. The predicted molar refractivity (Wildman–Crippen MR) is 87.6 cm³/mol. The van der Waals surface area contributed by atoms with Gasteiger partial charge in [-0.05, 0) is 49.1 Å². The van der Waals surface area contributed by atoms with Gasteiger partial charge in [-0.2, -0.15) is 0 Å². The van der Waals surface area contributed by atoms with Crippen LogP contribution < -0.4 is 0 Å². The Hall–Kier alpha value is -2.23. The Labute approximate surface area is 136 Å². The molecule has 0 unspecified atom stereocenters. The van der Waals surface area contributed by atoms with Gasteiger partial charge >= 0.3 is 0 Å². The van der Waals surface area contributed by atoms with Crippen molar-refractivity contribution >= 4 is 5.91 Å². The molecular weight excluding hydrogens is 291 g/mol. The fourth-order valence-corrected chi connectivity index (χ4v) is 3.20. The second-order valence-electron chi connectivity index (χ2n) is 6.03. The minimum Gasteiger partial charge on any atom is -0.334 e. The molecule has 4 heteroatoms. The molecule has 1 heterocycles. The van der Waals surface area contributed by atoms with Crippen molar-refractivity contribution in [2.24, 2.45) is 0 Å². The van der Waals surface area contributed by atoms with Crippen molar-refractivity contribution in [2.75, 3.05) is 6.54 Å². The van der Waals surface area contributed by atoms with Gasteiger partial charge in [-0.3, -0.25) is 9.78 Å². The zero-order valence-electron chi connectivity index (χ0n) is 13.1. The first-order chi connectivity index (χ1) is 11.2. The van der Waals surface area contributed by atoms with Gasteiger partial charge in [0.2, 0.25) is 0 Å². The van der Waals surface area contributed by atoms with Gasteiger partial charge in [0.1, 0.15) is 11.5 Å². The Morgan fingerprint density at radius 3 is 2.52 bits per heavy atom. The number of amides is 1. The molecular formula is C19H21FN2O. The van der Waals surface area contributed by atoms with Crippen LogP contribution >= 0.6 is 0 Å². The van der Waals surface area contributed by atoms with Crippen LogP contribution in [0.3, 0.4) is 0 Å². The van der Waals surface area contributed by atoms with Crippen molar-refractivity contribution in [1.29, 1.82) is 0 Å². The van der Waals surface area contributed by atoms with Crippen molar-refractivity contribution < 1.29 is 9.18 Å². The van der Waals surface area contributed by atoms with Crippen molar-refractivity contribution in [1.82, 2.24) is 9.88 Å². The fourth-order valence-electron chi connectivity index (χ4n) is 3.20. The van der Waals surface area contributed by atoms with E-state index in [1.165, 1.54) is 25.0 Å². The molecule has 1 amide bonds. The molecule has 120 valence electrons. The van der Waals surface area contributed by atoms with Crippen LogP contribution in [0.5, 0.6) is 0 Å². The average Bonchev–Trinajstić information content (AvgIpc) is 3.12. The Balaban J connectivity index is 1.73. The topological polar surface area (TPSA) is 33.2 Å². The zero-order valence-corrected chi connectivity index (χ0v) is 13.1. The number of pyridine rings is 1. The third-order valence-electron chi connectivity index (χ3n) is 4.46. The van der Waals surface area contributed by atoms with Crippen LogP contribution in [0.25, 0.3) is 0 Å². The molecule has 0 bridgehead atoms. The molecule has 0 atom stereocenters. The van der Waals surface area contributed by atoms with Crippen LogP contribution in [0.2, 0.25) is 0 Å². The van der Waals surface area contributed by atoms with E-state index in [0.29, 0.717) is 18.3 Å². The van der Waals surface area contributed by atoms with Gasteiger partial charge in [0.05, 0.1) is 0 Å². The molecule has 1 fully saturated rings. The van der Waals surface area contributed by atoms with Gasteiger partial charge < -0.3 is 4.90 Å². The van der Waals surface area contributed by atoms with Gasteiger partial charge in [0.25, 0.3) is 5.91 Å². The maximum absolute atomic E-state index is 13.0. The van der Waals surface area contributed by atoms with Crippen LogP contribution in [0, 0.1) is 5.82 Å². The lowest BCUT2D eigenvalue weighted by molar-refractivity contribution is 0.0678. The third-order valence-corrected chi connectivity index (χ3v) is 4.46. The summed E-state index contributed by atoms with van der Waals surface area (Å²) in [4.78, 5) is 19.0. The van der Waals surface area contributed by atoms with E-state index >= 15 is 0 Å². The summed E-state index contributed by atoms with van der Waals surface area (Å²) in [5, 5.41) is 0. The molecule has 3 rings (SSSR count). The van der Waals surface area contributed by atoms with Gasteiger partial charge in [-0.25, -0.2) is 4.39 Å². The van der Waals surface area contributed by atoms with Crippen LogP contribution in [0.1, 0.15) is 41.7 Å². The highest BCUT2D eigenvalue weighted by atomic mass is 19.1. The highest BCUT2D eigenvalue weighted by Gasteiger charge is 2.27. The number of carbonyl (C=O) groups excluding carboxylic acids is 1. The monoisotopic (exact) mass is 312 g/mol. The van der Waals surface area contributed by atoms with Crippen LogP contribution in [-0.4, -0.2) is 28.4 Å². The minimum absolute atomic E-state index is 0.000360. The summed E-state index contributed by atoms with van der Waals surface area (Å²) in [7, 11) is 0. The summed E-state index contributed by atoms with van der Waals surface area (Å²) in [6.07, 6.45) is 6.85. The molecule has 0 N–H and O–H groups in total. The highest BCUT2D eigenvalue weighted by molar-refractivity contribution is 5.92. The highest BCUT2D eigenvalue weighted by Crippen LogP contribution is 2.25. The maximum atomic E-state index is 13.0. The number of hydrogen-bond donors (Lipinski definition) is 0. The first-order valence-corrected chi connectivity index (χ1v) is 8.20. The molecule has 1 aliphatic rings. The molecule has 1 aromatic heterocycles. The summed E-state index contributed by atoms with van der Waals surface area (Å²) in [5.41, 5.74) is 1.54. The number of rotatable bonds is 5. The SMILES string of the molecule is O=C(c1ccccn1)N(CCc1ccc(F)cc1)C1CCCC1. The van der Waals surface area contributed by atoms with Gasteiger partial charge in [-0.1, -0.05) is 31.0 Å². The molecule has 0 spiro atoms. The molecule has 1 aliphatic carbocycles. The first-order valence-electron chi connectivity index (χ1n) is 8.20. The van der Waals surface area contributed by atoms with Crippen LogP contribution in [0.4, 0.5) is 4.39 Å². The van der Waals surface area contributed by atoms with E-state index in [1.54, 1.807) is 24.4 Å². The second kappa shape index (κ2) is 7.36. The standard InChI is InChI=1S/C19H21FN2O/c20-16-10-8-15(9-11-16)12-14-22(17-5-1-2-6-17)19(23)18-7-3-4-13-21-18/h3-4,7-11,13,17H,1-2,5-6,12,14H2. The Kier molecular flexibility index (Phi) is 5.01. The van der Waals surface area contributed by atoms with Gasteiger partial charge in [-0.15, -0.1) is 0 Å². The Morgan fingerprint density at radius 1 is 1.13 bits per heavy atom. The Bertz CT molecular complexity index is 636. The lowest BCUT2D eigenvalue weighted by Gasteiger charge is -2.29. The zero-order chi connectivity index (χ0) is 16.1. The lowest BCUT2D eigenvalue weighted by Crippen LogP contribution is -2.40. The summed E-state index contributed by atoms with van der Waals surface area (Å²) in [5.74, 6) is -0.231. The molecule has 1 aromatic carbocycles. The minimum atomic E-state index is -0.231. The molecule has 1 saturated carbocycles. The first kappa shape index (κ1) is 15.7. The number of hydrogen-bond acceptors (Lipinski definition) is 2. The molecule has 23 heavy (non-hydrogen) atoms. The molecule has 2 aromatic rings. The molecule has 0 aliphatic heterocycles. The molecule has 0 saturated heterocycles. The van der Waals surface area contributed by atoms with E-state index in [4.69, 9.17) is 0 Å². The normalized spacial score (nSPS) is 14.8. The van der Waals surface area contributed by atoms with E-state index in [9.17, 15) is 9.18 Å². The Morgan fingerprint density at radius 2 is 1.87 bits per heavy atom. The maximum Gasteiger partial charge on any atom is 0.272 e. The average molecular weight is 312 g/mol.